The van der Waals surface area contributed by atoms with Gasteiger partial charge in [-0.2, -0.15) is 5.26 Å². The van der Waals surface area contributed by atoms with E-state index in [9.17, 15) is 0 Å². The molecule has 1 nitrogen and oxygen atoms in total. The molecular formula is C12H15N. The van der Waals surface area contributed by atoms with Gasteiger partial charge in [0.1, 0.15) is 0 Å². The van der Waals surface area contributed by atoms with Crippen LogP contribution >= 0.6 is 0 Å². The van der Waals surface area contributed by atoms with Crippen LogP contribution < -0.4 is 0 Å². The van der Waals surface area contributed by atoms with Crippen molar-refractivity contribution in [3.8, 4) is 6.07 Å². The summed E-state index contributed by atoms with van der Waals surface area (Å²) >= 11 is 0. The van der Waals surface area contributed by atoms with Crippen LogP contribution in [0.25, 0.3) is 0 Å². The molecule has 1 unspecified atom stereocenters. The second-order valence-electron chi connectivity index (χ2n) is 3.44. The van der Waals surface area contributed by atoms with Gasteiger partial charge in [0.25, 0.3) is 0 Å². The van der Waals surface area contributed by atoms with Crippen LogP contribution in [0.2, 0.25) is 0 Å². The molecule has 0 spiro atoms. The molecule has 1 aliphatic carbocycles. The van der Waals surface area contributed by atoms with E-state index in [2.05, 4.69) is 32.1 Å². The van der Waals surface area contributed by atoms with E-state index in [4.69, 9.17) is 5.26 Å². The molecule has 1 rings (SSSR count). The van der Waals surface area contributed by atoms with Crippen LogP contribution in [0.15, 0.2) is 34.9 Å². The van der Waals surface area contributed by atoms with Crippen molar-refractivity contribution in [3.63, 3.8) is 0 Å². The zero-order chi connectivity index (χ0) is 9.84. The van der Waals surface area contributed by atoms with E-state index in [1.165, 1.54) is 11.1 Å². The van der Waals surface area contributed by atoms with Gasteiger partial charge in [-0.05, 0) is 36.5 Å². The van der Waals surface area contributed by atoms with Gasteiger partial charge >= 0.3 is 0 Å². The lowest BCUT2D eigenvalue weighted by Gasteiger charge is -2.05. The van der Waals surface area contributed by atoms with E-state index in [0.29, 0.717) is 12.3 Å². The Labute approximate surface area is 80.1 Å². The SMILES string of the molecule is C/C=C(/CC#N)C1=CC(C)C=C1C. The van der Waals surface area contributed by atoms with E-state index in [1.807, 2.05) is 13.0 Å². The van der Waals surface area contributed by atoms with Crippen molar-refractivity contribution in [2.75, 3.05) is 0 Å². The van der Waals surface area contributed by atoms with Gasteiger partial charge in [-0.25, -0.2) is 0 Å². The molecule has 0 bridgehead atoms. The predicted molar refractivity (Wildman–Crippen MR) is 55.0 cm³/mol. The van der Waals surface area contributed by atoms with Gasteiger partial charge in [0.15, 0.2) is 0 Å². The molecule has 0 aromatic heterocycles. The zero-order valence-corrected chi connectivity index (χ0v) is 8.46. The second-order valence-corrected chi connectivity index (χ2v) is 3.44. The third-order valence-electron chi connectivity index (χ3n) is 2.33. The summed E-state index contributed by atoms with van der Waals surface area (Å²) in [5.74, 6) is 0.517. The van der Waals surface area contributed by atoms with Crippen LogP contribution in [0.3, 0.4) is 0 Å². The lowest BCUT2D eigenvalue weighted by atomic mass is 9.99. The molecule has 0 aromatic carbocycles. The smallest absolute Gasteiger partial charge is 0.0669 e. The van der Waals surface area contributed by atoms with Crippen LogP contribution in [-0.4, -0.2) is 0 Å². The largest absolute Gasteiger partial charge is 0.198 e. The molecule has 0 saturated heterocycles. The van der Waals surface area contributed by atoms with E-state index >= 15 is 0 Å². The Balaban J connectivity index is 2.91. The Hall–Kier alpha value is -1.29. The Bertz CT molecular complexity index is 324. The normalized spacial score (nSPS) is 22.3. The molecule has 0 N–H and O–H groups in total. The van der Waals surface area contributed by atoms with Gasteiger partial charge < -0.3 is 0 Å². The summed E-state index contributed by atoms with van der Waals surface area (Å²) in [5, 5.41) is 8.64. The van der Waals surface area contributed by atoms with Gasteiger partial charge in [0, 0.05) is 0 Å². The highest BCUT2D eigenvalue weighted by atomic mass is 14.2. The maximum absolute atomic E-state index is 8.64. The first kappa shape index (κ1) is 9.80. The first-order chi connectivity index (χ1) is 6.19. The van der Waals surface area contributed by atoms with E-state index in [-0.39, 0.29) is 0 Å². The average molecular weight is 173 g/mol. The molecule has 68 valence electrons. The second kappa shape index (κ2) is 4.09. The molecule has 0 radical (unpaired) electrons. The number of nitrogens with zero attached hydrogens (tertiary/aromatic N) is 1. The molecule has 1 aliphatic rings. The first-order valence-electron chi connectivity index (χ1n) is 4.62. The fourth-order valence-corrected chi connectivity index (χ4v) is 1.72. The molecule has 0 aliphatic heterocycles. The molecule has 0 fully saturated rings. The van der Waals surface area contributed by atoms with Gasteiger partial charge in [0.05, 0.1) is 12.5 Å². The topological polar surface area (TPSA) is 23.8 Å². The Morgan fingerprint density at radius 1 is 1.62 bits per heavy atom. The number of rotatable bonds is 2. The minimum Gasteiger partial charge on any atom is -0.198 e. The average Bonchev–Trinajstić information content (AvgIpc) is 2.41. The molecule has 1 heteroatoms. The lowest BCUT2D eigenvalue weighted by Crippen LogP contribution is -1.88. The Morgan fingerprint density at radius 3 is 2.69 bits per heavy atom. The minimum atomic E-state index is 0.514. The van der Waals surface area contributed by atoms with Gasteiger partial charge in [0.2, 0.25) is 0 Å². The standard InChI is InChI=1S/C12H15N/c1-4-11(5-6-13)12-8-9(2)7-10(12)3/h4,7-9H,5H2,1-3H3/b11-4-. The highest BCUT2D eigenvalue weighted by molar-refractivity contribution is 5.51. The Kier molecular flexibility index (Phi) is 3.08. The number of allylic oxidation sites excluding steroid dienone is 6. The molecule has 0 aromatic rings. The molecule has 0 saturated carbocycles. The predicted octanol–water partition coefficient (Wildman–Crippen LogP) is 3.37. The molecule has 0 heterocycles. The van der Waals surface area contributed by atoms with Gasteiger partial charge in [-0.3, -0.25) is 0 Å². The summed E-state index contributed by atoms with van der Waals surface area (Å²) in [4.78, 5) is 0. The van der Waals surface area contributed by atoms with E-state index in [0.717, 1.165) is 5.57 Å². The monoisotopic (exact) mass is 173 g/mol. The van der Waals surface area contributed by atoms with Crippen molar-refractivity contribution in [2.24, 2.45) is 5.92 Å². The van der Waals surface area contributed by atoms with Crippen LogP contribution in [0, 0.1) is 17.2 Å². The van der Waals surface area contributed by atoms with Crippen LogP contribution in [-0.2, 0) is 0 Å². The molecule has 0 amide bonds. The maximum atomic E-state index is 8.64. The quantitative estimate of drug-likeness (QED) is 0.628. The summed E-state index contributed by atoms with van der Waals surface area (Å²) in [6.07, 6.45) is 7.00. The van der Waals surface area contributed by atoms with Crippen molar-refractivity contribution < 1.29 is 0 Å². The van der Waals surface area contributed by atoms with E-state index < -0.39 is 0 Å². The van der Waals surface area contributed by atoms with Crippen LogP contribution in [0.5, 0.6) is 0 Å². The Morgan fingerprint density at radius 2 is 2.31 bits per heavy atom. The van der Waals surface area contributed by atoms with Crippen molar-refractivity contribution in [3.05, 3.63) is 34.9 Å². The summed E-state index contributed by atoms with van der Waals surface area (Å²) in [7, 11) is 0. The highest BCUT2D eigenvalue weighted by Crippen LogP contribution is 2.30. The fraction of sp³-hybridized carbons (Fsp3) is 0.417. The van der Waals surface area contributed by atoms with Crippen molar-refractivity contribution >= 4 is 0 Å². The van der Waals surface area contributed by atoms with Crippen LogP contribution in [0.1, 0.15) is 27.2 Å². The third-order valence-corrected chi connectivity index (χ3v) is 2.33. The lowest BCUT2D eigenvalue weighted by molar-refractivity contribution is 0.952. The highest BCUT2D eigenvalue weighted by Gasteiger charge is 2.13. The summed E-state index contributed by atoms with van der Waals surface area (Å²) in [5.41, 5.74) is 3.72. The summed E-state index contributed by atoms with van der Waals surface area (Å²) < 4.78 is 0. The van der Waals surface area contributed by atoms with Gasteiger partial charge in [-0.15, -0.1) is 0 Å². The number of nitriles is 1. The van der Waals surface area contributed by atoms with Crippen LogP contribution in [0.4, 0.5) is 0 Å². The number of hydrogen-bond acceptors (Lipinski definition) is 1. The maximum Gasteiger partial charge on any atom is 0.0669 e. The van der Waals surface area contributed by atoms with E-state index in [1.54, 1.807) is 0 Å². The minimum absolute atomic E-state index is 0.514. The molecular weight excluding hydrogens is 158 g/mol. The molecule has 1 atom stereocenters. The fourth-order valence-electron chi connectivity index (χ4n) is 1.72. The van der Waals surface area contributed by atoms with Crippen molar-refractivity contribution in [2.45, 2.75) is 27.2 Å². The third kappa shape index (κ3) is 2.09. The van der Waals surface area contributed by atoms with Crippen molar-refractivity contribution in [1.29, 1.82) is 5.26 Å². The number of hydrogen-bond donors (Lipinski definition) is 0. The van der Waals surface area contributed by atoms with Gasteiger partial charge in [-0.1, -0.05) is 25.2 Å². The summed E-state index contributed by atoms with van der Waals surface area (Å²) in [6, 6.07) is 2.19. The molecule has 13 heavy (non-hydrogen) atoms. The first-order valence-corrected chi connectivity index (χ1v) is 4.62. The zero-order valence-electron chi connectivity index (χ0n) is 8.46. The van der Waals surface area contributed by atoms with Crippen molar-refractivity contribution in [1.82, 2.24) is 0 Å². The summed E-state index contributed by atoms with van der Waals surface area (Å²) in [6.45, 7) is 6.26.